The Hall–Kier alpha value is -2.13. The van der Waals surface area contributed by atoms with Gasteiger partial charge in [-0.1, -0.05) is 18.2 Å². The minimum Gasteiger partial charge on any atom is -0.453 e. The summed E-state index contributed by atoms with van der Waals surface area (Å²) in [4.78, 5) is 10.6. The summed E-state index contributed by atoms with van der Waals surface area (Å²) in [6.07, 6.45) is 0.715. The van der Waals surface area contributed by atoms with E-state index >= 15 is 0 Å². The minimum atomic E-state index is 0.353. The van der Waals surface area contributed by atoms with Crippen LogP contribution in [0.5, 0.6) is 0 Å². The first-order chi connectivity index (χ1) is 8.86. The Morgan fingerprint density at radius 3 is 2.61 bits per heavy atom. The number of carbonyl (C=O) groups is 1. The van der Waals surface area contributed by atoms with Gasteiger partial charge >= 0.3 is 0 Å². The van der Waals surface area contributed by atoms with Crippen LogP contribution >= 0.6 is 11.3 Å². The fraction of sp³-hybridized carbons (Fsp3) is 0. The van der Waals surface area contributed by atoms with Crippen molar-refractivity contribution in [2.24, 2.45) is 0 Å². The van der Waals surface area contributed by atoms with E-state index in [0.717, 1.165) is 11.1 Å². The Balaban J connectivity index is 2.03. The number of benzene rings is 1. The number of furan rings is 1. The van der Waals surface area contributed by atoms with E-state index in [9.17, 15) is 4.79 Å². The molecule has 88 valence electrons. The van der Waals surface area contributed by atoms with E-state index in [2.05, 4.69) is 29.0 Å². The van der Waals surface area contributed by atoms with E-state index in [-0.39, 0.29) is 0 Å². The molecule has 0 fully saturated rings. The topological polar surface area (TPSA) is 30.2 Å². The van der Waals surface area contributed by atoms with Crippen LogP contribution in [-0.4, -0.2) is 6.29 Å². The predicted octanol–water partition coefficient (Wildman–Crippen LogP) is 4.49. The molecule has 2 aromatic heterocycles. The van der Waals surface area contributed by atoms with Gasteiger partial charge in [0.2, 0.25) is 0 Å². The molecule has 0 saturated heterocycles. The summed E-state index contributed by atoms with van der Waals surface area (Å²) >= 11 is 1.67. The van der Waals surface area contributed by atoms with Crippen LogP contribution in [-0.2, 0) is 0 Å². The summed E-state index contributed by atoms with van der Waals surface area (Å²) < 4.78 is 5.43. The number of hydrogen-bond acceptors (Lipinski definition) is 3. The lowest BCUT2D eigenvalue weighted by Gasteiger charge is -2.01. The Morgan fingerprint density at radius 1 is 1.00 bits per heavy atom. The zero-order chi connectivity index (χ0) is 12.4. The molecular formula is C15H10O2S. The van der Waals surface area contributed by atoms with Gasteiger partial charge < -0.3 is 4.42 Å². The first-order valence-electron chi connectivity index (χ1n) is 5.55. The molecule has 0 unspecified atom stereocenters. The van der Waals surface area contributed by atoms with Gasteiger partial charge in [-0.2, -0.15) is 11.3 Å². The van der Waals surface area contributed by atoms with Gasteiger partial charge in [0.15, 0.2) is 12.0 Å². The van der Waals surface area contributed by atoms with E-state index in [4.69, 9.17) is 4.42 Å². The Bertz CT molecular complexity index is 665. The van der Waals surface area contributed by atoms with Crippen molar-refractivity contribution in [1.29, 1.82) is 0 Å². The van der Waals surface area contributed by atoms with E-state index in [1.807, 2.05) is 18.2 Å². The molecule has 0 amide bonds. The summed E-state index contributed by atoms with van der Waals surface area (Å²) in [6.45, 7) is 0. The number of hydrogen-bond donors (Lipinski definition) is 0. The highest BCUT2D eigenvalue weighted by Gasteiger charge is 2.06. The van der Waals surface area contributed by atoms with Crippen molar-refractivity contribution in [2.45, 2.75) is 0 Å². The average Bonchev–Trinajstić information content (AvgIpc) is 3.10. The van der Waals surface area contributed by atoms with Crippen molar-refractivity contribution in [1.82, 2.24) is 0 Å². The normalized spacial score (nSPS) is 10.4. The maximum absolute atomic E-state index is 10.6. The number of rotatable bonds is 3. The Kier molecular flexibility index (Phi) is 2.82. The van der Waals surface area contributed by atoms with Crippen LogP contribution in [0.15, 0.2) is 57.6 Å². The lowest BCUT2D eigenvalue weighted by molar-refractivity contribution is 0.110. The van der Waals surface area contributed by atoms with Crippen molar-refractivity contribution >= 4 is 17.6 Å². The van der Waals surface area contributed by atoms with E-state index in [0.29, 0.717) is 17.8 Å². The van der Waals surface area contributed by atoms with Gasteiger partial charge in [0, 0.05) is 5.56 Å². The second-order valence-electron chi connectivity index (χ2n) is 3.91. The third-order valence-electron chi connectivity index (χ3n) is 2.74. The van der Waals surface area contributed by atoms with Crippen molar-refractivity contribution in [2.75, 3.05) is 0 Å². The molecule has 0 N–H and O–H groups in total. The molecule has 3 rings (SSSR count). The Labute approximate surface area is 109 Å². The number of thiophene rings is 1. The third-order valence-corrected chi connectivity index (χ3v) is 3.43. The summed E-state index contributed by atoms with van der Waals surface area (Å²) in [7, 11) is 0. The highest BCUT2D eigenvalue weighted by molar-refractivity contribution is 7.08. The lowest BCUT2D eigenvalue weighted by Crippen LogP contribution is -1.77. The second kappa shape index (κ2) is 4.63. The van der Waals surface area contributed by atoms with Gasteiger partial charge in [-0.15, -0.1) is 0 Å². The average molecular weight is 254 g/mol. The van der Waals surface area contributed by atoms with Crippen molar-refractivity contribution < 1.29 is 9.21 Å². The first-order valence-corrected chi connectivity index (χ1v) is 6.49. The van der Waals surface area contributed by atoms with Crippen LogP contribution in [0.1, 0.15) is 10.6 Å². The molecule has 2 nitrogen and oxygen atoms in total. The largest absolute Gasteiger partial charge is 0.453 e. The smallest absolute Gasteiger partial charge is 0.185 e. The SMILES string of the molecule is O=Cc1ccc(-c2cccc(-c3ccsc3)c2)o1. The maximum atomic E-state index is 10.6. The van der Waals surface area contributed by atoms with Gasteiger partial charge in [0.25, 0.3) is 0 Å². The third kappa shape index (κ3) is 2.00. The summed E-state index contributed by atoms with van der Waals surface area (Å²) in [5.74, 6) is 1.07. The van der Waals surface area contributed by atoms with Crippen molar-refractivity contribution in [3.05, 3.63) is 59.0 Å². The Morgan fingerprint density at radius 2 is 1.89 bits per heavy atom. The molecule has 0 atom stereocenters. The molecule has 0 radical (unpaired) electrons. The molecule has 0 bridgehead atoms. The minimum absolute atomic E-state index is 0.353. The molecule has 0 saturated carbocycles. The van der Waals surface area contributed by atoms with E-state index < -0.39 is 0 Å². The van der Waals surface area contributed by atoms with Crippen LogP contribution in [0.25, 0.3) is 22.5 Å². The second-order valence-corrected chi connectivity index (χ2v) is 4.69. The quantitative estimate of drug-likeness (QED) is 0.645. The lowest BCUT2D eigenvalue weighted by atomic mass is 10.0. The summed E-state index contributed by atoms with van der Waals surface area (Å²) in [5, 5.41) is 4.16. The van der Waals surface area contributed by atoms with E-state index in [1.54, 1.807) is 17.4 Å². The van der Waals surface area contributed by atoms with E-state index in [1.165, 1.54) is 5.56 Å². The van der Waals surface area contributed by atoms with Gasteiger partial charge in [0.05, 0.1) is 0 Å². The van der Waals surface area contributed by atoms with Crippen LogP contribution in [0.3, 0.4) is 0 Å². The molecule has 2 heterocycles. The number of carbonyl (C=O) groups excluding carboxylic acids is 1. The highest BCUT2D eigenvalue weighted by Crippen LogP contribution is 2.28. The monoisotopic (exact) mass is 254 g/mol. The molecule has 3 aromatic rings. The summed E-state index contributed by atoms with van der Waals surface area (Å²) in [6, 6.07) is 13.7. The van der Waals surface area contributed by atoms with Crippen LogP contribution in [0, 0.1) is 0 Å². The molecule has 18 heavy (non-hydrogen) atoms. The predicted molar refractivity (Wildman–Crippen MR) is 72.8 cm³/mol. The van der Waals surface area contributed by atoms with Crippen LogP contribution in [0.2, 0.25) is 0 Å². The molecule has 0 spiro atoms. The van der Waals surface area contributed by atoms with Gasteiger partial charge in [-0.25, -0.2) is 0 Å². The summed E-state index contributed by atoms with van der Waals surface area (Å²) in [5.41, 5.74) is 3.33. The molecule has 0 aliphatic rings. The first kappa shape index (κ1) is 11.0. The van der Waals surface area contributed by atoms with Crippen LogP contribution < -0.4 is 0 Å². The molecule has 0 aliphatic carbocycles. The van der Waals surface area contributed by atoms with Crippen LogP contribution in [0.4, 0.5) is 0 Å². The maximum Gasteiger partial charge on any atom is 0.185 e. The zero-order valence-electron chi connectivity index (χ0n) is 9.50. The van der Waals surface area contributed by atoms with Gasteiger partial charge in [0.1, 0.15) is 5.76 Å². The molecular weight excluding hydrogens is 244 g/mol. The molecule has 0 aliphatic heterocycles. The standard InChI is InChI=1S/C15H10O2S/c16-9-14-4-5-15(17-14)12-3-1-2-11(8-12)13-6-7-18-10-13/h1-10H. The highest BCUT2D eigenvalue weighted by atomic mass is 32.1. The van der Waals surface area contributed by atoms with Crippen molar-refractivity contribution in [3.8, 4) is 22.5 Å². The fourth-order valence-corrected chi connectivity index (χ4v) is 2.52. The molecule has 3 heteroatoms. The van der Waals surface area contributed by atoms with Gasteiger partial charge in [-0.3, -0.25) is 4.79 Å². The number of aldehydes is 1. The fourth-order valence-electron chi connectivity index (χ4n) is 1.85. The van der Waals surface area contributed by atoms with Crippen molar-refractivity contribution in [3.63, 3.8) is 0 Å². The van der Waals surface area contributed by atoms with Gasteiger partial charge in [-0.05, 0) is 46.2 Å². The molecule has 1 aromatic carbocycles. The zero-order valence-corrected chi connectivity index (χ0v) is 10.3.